The summed E-state index contributed by atoms with van der Waals surface area (Å²) in [7, 11) is -2.34. The molecule has 154 valence electrons. The van der Waals surface area contributed by atoms with Crippen LogP contribution in [0.5, 0.6) is 0 Å². The molecule has 0 aliphatic heterocycles. The zero-order valence-electron chi connectivity index (χ0n) is 15.5. The predicted octanol–water partition coefficient (Wildman–Crippen LogP) is 7.11. The first-order valence-electron chi connectivity index (χ1n) is 8.53. The van der Waals surface area contributed by atoms with Gasteiger partial charge in [0.25, 0.3) is 0 Å². The summed E-state index contributed by atoms with van der Waals surface area (Å²) < 4.78 is 79.2. The van der Waals surface area contributed by atoms with Gasteiger partial charge in [0.2, 0.25) is 12.0 Å². The number of benzene rings is 2. The van der Waals surface area contributed by atoms with Crippen molar-refractivity contribution in [3.63, 3.8) is 0 Å². The number of hydrogen-bond acceptors (Lipinski definition) is 2. The zero-order valence-corrected chi connectivity index (χ0v) is 17.2. The molecule has 1 atom stereocenters. The Balaban J connectivity index is 0.00000145. The highest BCUT2D eigenvalue weighted by atomic mass is 32.1. The molecule has 0 fully saturated rings. The van der Waals surface area contributed by atoms with Crippen molar-refractivity contribution >= 4 is 35.0 Å². The van der Waals surface area contributed by atoms with Gasteiger partial charge in [0.1, 0.15) is 0 Å². The molecule has 0 aliphatic carbocycles. The second kappa shape index (κ2) is 9.57. The first-order valence-corrected chi connectivity index (χ1v) is 10.7. The second-order valence-electron chi connectivity index (χ2n) is 5.82. The molecule has 3 rings (SSSR count). The molecule has 0 amide bonds. The summed E-state index contributed by atoms with van der Waals surface area (Å²) in [4.78, 5) is 9.50. The highest BCUT2D eigenvalue weighted by Gasteiger charge is 2.26. The van der Waals surface area contributed by atoms with E-state index in [2.05, 4.69) is 6.58 Å². The van der Waals surface area contributed by atoms with Gasteiger partial charge in [-0.15, -0.1) is 11.3 Å². The van der Waals surface area contributed by atoms with Crippen molar-refractivity contribution in [2.45, 2.75) is 26.4 Å². The lowest BCUT2D eigenvalue weighted by molar-refractivity contribution is 0.372. The Labute approximate surface area is 169 Å². The van der Waals surface area contributed by atoms with Gasteiger partial charge in [0.05, 0.1) is 0 Å². The van der Waals surface area contributed by atoms with Crippen molar-refractivity contribution in [2.24, 2.45) is 0 Å². The van der Waals surface area contributed by atoms with Crippen LogP contribution < -0.4 is 0 Å². The summed E-state index contributed by atoms with van der Waals surface area (Å²) in [6.07, 6.45) is -0.560. The van der Waals surface area contributed by atoms with E-state index < -0.39 is 49.1 Å². The summed E-state index contributed by atoms with van der Waals surface area (Å²) in [6.45, 7) is 7.70. The molecule has 1 aromatic heterocycles. The molecule has 3 aromatic rings. The topological polar surface area (TPSA) is 37.3 Å². The minimum absolute atomic E-state index is 0.0119. The number of hydrogen-bond donors (Lipinski definition) is 1. The fourth-order valence-electron chi connectivity index (χ4n) is 2.63. The van der Waals surface area contributed by atoms with Gasteiger partial charge in [-0.05, 0) is 33.7 Å². The van der Waals surface area contributed by atoms with Crippen LogP contribution in [0, 0.1) is 29.1 Å². The molecule has 2 nitrogen and oxygen atoms in total. The molecule has 1 unspecified atom stereocenters. The number of fused-ring (bicyclic) bond motifs is 1. The first kappa shape index (κ1) is 23.1. The lowest BCUT2D eigenvalue weighted by Crippen LogP contribution is -2.07. The number of allylic oxidation sites excluding steroid dienone is 1. The smallest absolute Gasteiger partial charge is 0.203 e. The molecule has 0 saturated carbocycles. The molecular weight excluding hydrogens is 430 g/mol. The van der Waals surface area contributed by atoms with Crippen LogP contribution in [0.25, 0.3) is 15.7 Å². The maximum atomic E-state index is 13.8. The fraction of sp³-hybridized carbons (Fsp3) is 0.200. The second-order valence-corrected chi connectivity index (χ2v) is 7.93. The molecule has 0 saturated heterocycles. The minimum Gasteiger partial charge on any atom is -0.203 e. The quantitative estimate of drug-likeness (QED) is 0.196. The third kappa shape index (κ3) is 4.89. The van der Waals surface area contributed by atoms with Crippen molar-refractivity contribution in [3.05, 3.63) is 75.9 Å². The Hall–Kier alpha value is -2.15. The molecular formula is C20H17F5O2PS+. The van der Waals surface area contributed by atoms with Crippen LogP contribution >= 0.6 is 19.4 Å². The maximum Gasteiger partial charge on any atom is 0.510 e. The van der Waals surface area contributed by atoms with E-state index in [0.29, 0.717) is 10.4 Å². The number of rotatable bonds is 5. The fourth-order valence-corrected chi connectivity index (χ4v) is 4.15. The van der Waals surface area contributed by atoms with Gasteiger partial charge in [-0.2, -0.15) is 4.89 Å². The van der Waals surface area contributed by atoms with Crippen molar-refractivity contribution in [1.29, 1.82) is 0 Å². The summed E-state index contributed by atoms with van der Waals surface area (Å²) >= 11 is 1.23. The maximum absolute atomic E-state index is 13.8. The number of thiophene rings is 1. The Bertz CT molecular complexity index is 1070. The van der Waals surface area contributed by atoms with E-state index in [9.17, 15) is 26.5 Å². The van der Waals surface area contributed by atoms with Gasteiger partial charge in [-0.3, -0.25) is 0 Å². The Morgan fingerprint density at radius 3 is 2.10 bits per heavy atom. The van der Waals surface area contributed by atoms with Crippen molar-refractivity contribution in [3.8, 4) is 0 Å². The largest absolute Gasteiger partial charge is 0.510 e. The lowest BCUT2D eigenvalue weighted by Gasteiger charge is -2.09. The van der Waals surface area contributed by atoms with Gasteiger partial charge in [-0.1, -0.05) is 26.5 Å². The normalized spacial score (nSPS) is 11.2. The predicted molar refractivity (Wildman–Crippen MR) is 106 cm³/mol. The Morgan fingerprint density at radius 2 is 1.55 bits per heavy atom. The summed E-state index contributed by atoms with van der Waals surface area (Å²) in [5, 5.41) is 0.725. The third-order valence-corrected chi connectivity index (χ3v) is 5.79. The van der Waals surface area contributed by atoms with Gasteiger partial charge >= 0.3 is 8.03 Å². The van der Waals surface area contributed by atoms with Gasteiger partial charge < -0.3 is 0 Å². The number of halogens is 5. The SMILES string of the molecule is C=C(Cc1c(F)c(F)c(F)c(F)c1F)c1cc2cc(C[P+](=O)O)ccc2s1.CC. The van der Waals surface area contributed by atoms with Crippen molar-refractivity contribution in [1.82, 2.24) is 0 Å². The molecule has 1 N–H and O–H groups in total. The van der Waals surface area contributed by atoms with E-state index in [1.54, 1.807) is 24.3 Å². The third-order valence-electron chi connectivity index (χ3n) is 3.94. The molecule has 9 heteroatoms. The van der Waals surface area contributed by atoms with E-state index in [1.165, 1.54) is 11.3 Å². The van der Waals surface area contributed by atoms with E-state index in [0.717, 1.165) is 10.1 Å². The monoisotopic (exact) mass is 447 g/mol. The van der Waals surface area contributed by atoms with Crippen LogP contribution in [0.3, 0.4) is 0 Å². The Morgan fingerprint density at radius 1 is 1.00 bits per heavy atom. The van der Waals surface area contributed by atoms with Crippen molar-refractivity contribution < 1.29 is 31.4 Å². The standard InChI is InChI=1S/C18H10F5O2PS.C2H6/c1-8(4-11-14(19)16(21)18(23)17(22)15(11)20)13-6-10-5-9(7-26(24)25)2-3-12(10)27-13;1-2/h2-3,5-6H,1,4,7H2;1-2H3/p+1. The van der Waals surface area contributed by atoms with Crippen LogP contribution in [-0.4, -0.2) is 4.89 Å². The van der Waals surface area contributed by atoms with Crippen LogP contribution in [0.2, 0.25) is 0 Å². The van der Waals surface area contributed by atoms with Gasteiger partial charge in [0.15, 0.2) is 23.3 Å². The van der Waals surface area contributed by atoms with E-state index in [1.807, 2.05) is 13.8 Å². The van der Waals surface area contributed by atoms with Gasteiger partial charge in [0, 0.05) is 27.1 Å². The van der Waals surface area contributed by atoms with Gasteiger partial charge in [-0.25, -0.2) is 22.0 Å². The molecule has 0 radical (unpaired) electrons. The van der Waals surface area contributed by atoms with Crippen LogP contribution in [0.15, 0.2) is 30.8 Å². The molecule has 0 bridgehead atoms. The molecule has 0 spiro atoms. The van der Waals surface area contributed by atoms with E-state index in [4.69, 9.17) is 4.89 Å². The molecule has 1 heterocycles. The van der Waals surface area contributed by atoms with Crippen molar-refractivity contribution in [2.75, 3.05) is 0 Å². The van der Waals surface area contributed by atoms with Crippen LogP contribution in [0.1, 0.15) is 29.9 Å². The molecule has 2 aromatic carbocycles. The van der Waals surface area contributed by atoms with Crippen LogP contribution in [0.4, 0.5) is 22.0 Å². The Kier molecular flexibility index (Phi) is 7.63. The van der Waals surface area contributed by atoms with E-state index >= 15 is 0 Å². The summed E-state index contributed by atoms with van der Waals surface area (Å²) in [5.41, 5.74) is -0.109. The zero-order chi connectivity index (χ0) is 21.9. The highest BCUT2D eigenvalue weighted by molar-refractivity contribution is 7.37. The molecule has 0 aliphatic rings. The summed E-state index contributed by atoms with van der Waals surface area (Å²) in [5.74, 6) is -9.92. The average molecular weight is 447 g/mol. The highest BCUT2D eigenvalue weighted by Crippen LogP contribution is 2.35. The average Bonchev–Trinajstić information content (AvgIpc) is 3.12. The van der Waals surface area contributed by atoms with E-state index in [-0.39, 0.29) is 11.7 Å². The summed E-state index contributed by atoms with van der Waals surface area (Å²) in [6, 6.07) is 6.76. The first-order chi connectivity index (χ1) is 13.7. The molecule has 29 heavy (non-hydrogen) atoms. The van der Waals surface area contributed by atoms with Crippen LogP contribution in [-0.2, 0) is 17.1 Å². The minimum atomic E-state index is -2.34. The lowest BCUT2D eigenvalue weighted by atomic mass is 10.0.